The Labute approximate surface area is 109 Å². The van der Waals surface area contributed by atoms with Crippen molar-refractivity contribution in [3.63, 3.8) is 0 Å². The quantitative estimate of drug-likeness (QED) is 0.778. The summed E-state index contributed by atoms with van der Waals surface area (Å²) >= 11 is 0. The Kier molecular flexibility index (Phi) is 3.97. The molecule has 0 aliphatic carbocycles. The molecule has 100 valence electrons. The minimum Gasteiger partial charge on any atom is -0.477 e. The lowest BCUT2D eigenvalue weighted by Gasteiger charge is -2.08. The van der Waals surface area contributed by atoms with Gasteiger partial charge in [0, 0.05) is 25.1 Å². The van der Waals surface area contributed by atoms with Crippen LogP contribution in [0.1, 0.15) is 10.5 Å². The van der Waals surface area contributed by atoms with Crippen molar-refractivity contribution in [2.45, 2.75) is 13.1 Å². The molecule has 0 aliphatic rings. The largest absolute Gasteiger partial charge is 0.477 e. The molecule has 19 heavy (non-hydrogen) atoms. The lowest BCUT2D eigenvalue weighted by Crippen LogP contribution is -2.31. The first-order valence-corrected chi connectivity index (χ1v) is 5.79. The van der Waals surface area contributed by atoms with Crippen molar-refractivity contribution in [1.29, 1.82) is 0 Å². The van der Waals surface area contributed by atoms with Gasteiger partial charge in [-0.1, -0.05) is 0 Å². The molecular formula is C12H14N4O3. The fourth-order valence-corrected chi connectivity index (χ4v) is 1.70. The summed E-state index contributed by atoms with van der Waals surface area (Å²) < 4.78 is 3.10. The van der Waals surface area contributed by atoms with Crippen molar-refractivity contribution in [3.05, 3.63) is 42.5 Å². The van der Waals surface area contributed by atoms with Crippen molar-refractivity contribution < 1.29 is 14.7 Å². The maximum atomic E-state index is 11.7. The van der Waals surface area contributed by atoms with E-state index in [0.717, 1.165) is 0 Å². The van der Waals surface area contributed by atoms with Crippen molar-refractivity contribution >= 4 is 11.9 Å². The molecule has 0 aliphatic heterocycles. The van der Waals surface area contributed by atoms with E-state index >= 15 is 0 Å². The molecule has 2 heterocycles. The molecule has 0 aromatic carbocycles. The van der Waals surface area contributed by atoms with Crippen LogP contribution in [0, 0.1) is 0 Å². The van der Waals surface area contributed by atoms with Crippen molar-refractivity contribution in [1.82, 2.24) is 19.7 Å². The zero-order valence-electron chi connectivity index (χ0n) is 10.2. The van der Waals surface area contributed by atoms with Crippen LogP contribution in [-0.4, -0.2) is 37.9 Å². The van der Waals surface area contributed by atoms with Crippen molar-refractivity contribution in [3.8, 4) is 0 Å². The summed E-state index contributed by atoms with van der Waals surface area (Å²) in [6, 6.07) is 4.86. The van der Waals surface area contributed by atoms with E-state index in [4.69, 9.17) is 5.11 Å². The number of hydrogen-bond acceptors (Lipinski definition) is 3. The molecule has 0 bridgehead atoms. The smallest absolute Gasteiger partial charge is 0.352 e. The second-order valence-electron chi connectivity index (χ2n) is 3.95. The summed E-state index contributed by atoms with van der Waals surface area (Å²) in [5, 5.41) is 15.6. The van der Waals surface area contributed by atoms with Gasteiger partial charge in [-0.2, -0.15) is 5.10 Å². The van der Waals surface area contributed by atoms with Crippen LogP contribution in [0.3, 0.4) is 0 Å². The Morgan fingerprint density at radius 1 is 1.32 bits per heavy atom. The Bertz CT molecular complexity index is 559. The van der Waals surface area contributed by atoms with Crippen LogP contribution in [0.5, 0.6) is 0 Å². The van der Waals surface area contributed by atoms with Crippen molar-refractivity contribution in [2.75, 3.05) is 6.54 Å². The first kappa shape index (κ1) is 12.9. The van der Waals surface area contributed by atoms with E-state index in [0.29, 0.717) is 13.1 Å². The molecule has 7 nitrogen and oxygen atoms in total. The van der Waals surface area contributed by atoms with E-state index in [-0.39, 0.29) is 18.1 Å². The molecule has 0 spiro atoms. The van der Waals surface area contributed by atoms with Crippen LogP contribution in [0.4, 0.5) is 0 Å². The van der Waals surface area contributed by atoms with E-state index in [1.165, 1.54) is 10.6 Å². The molecule has 2 rings (SSSR count). The van der Waals surface area contributed by atoms with Gasteiger partial charge in [-0.15, -0.1) is 0 Å². The van der Waals surface area contributed by atoms with Crippen molar-refractivity contribution in [2.24, 2.45) is 0 Å². The number of aromatic nitrogens is 3. The van der Waals surface area contributed by atoms with E-state index in [9.17, 15) is 9.59 Å². The number of nitrogens with zero attached hydrogens (tertiary/aromatic N) is 3. The summed E-state index contributed by atoms with van der Waals surface area (Å²) in [7, 11) is 0. The lowest BCUT2D eigenvalue weighted by atomic mass is 10.4. The van der Waals surface area contributed by atoms with Crippen LogP contribution in [-0.2, 0) is 17.9 Å². The van der Waals surface area contributed by atoms with Gasteiger partial charge in [-0.3, -0.25) is 9.48 Å². The van der Waals surface area contributed by atoms with Gasteiger partial charge in [-0.05, 0) is 18.2 Å². The highest BCUT2D eigenvalue weighted by Crippen LogP contribution is 2.01. The summed E-state index contributed by atoms with van der Waals surface area (Å²) in [6.07, 6.45) is 5.04. The van der Waals surface area contributed by atoms with Gasteiger partial charge in [-0.25, -0.2) is 4.79 Å². The molecule has 0 atom stereocenters. The number of carbonyl (C=O) groups excluding carboxylic acids is 1. The molecule has 7 heteroatoms. The van der Waals surface area contributed by atoms with E-state index in [2.05, 4.69) is 10.4 Å². The molecule has 1 amide bonds. The third-order valence-corrected chi connectivity index (χ3v) is 2.58. The van der Waals surface area contributed by atoms with Crippen LogP contribution in [0.15, 0.2) is 36.8 Å². The number of carbonyl (C=O) groups is 2. The highest BCUT2D eigenvalue weighted by Gasteiger charge is 2.11. The van der Waals surface area contributed by atoms with Crippen LogP contribution < -0.4 is 5.32 Å². The molecule has 0 fully saturated rings. The molecule has 0 unspecified atom stereocenters. The lowest BCUT2D eigenvalue weighted by molar-refractivity contribution is -0.121. The predicted octanol–water partition coefficient (Wildman–Crippen LogP) is 0.199. The maximum absolute atomic E-state index is 11.7. The monoisotopic (exact) mass is 262 g/mol. The molecule has 0 saturated carbocycles. The topological polar surface area (TPSA) is 89.1 Å². The van der Waals surface area contributed by atoms with E-state index < -0.39 is 5.97 Å². The molecule has 2 aromatic heterocycles. The fourth-order valence-electron chi connectivity index (χ4n) is 1.70. The van der Waals surface area contributed by atoms with Gasteiger partial charge in [0.25, 0.3) is 0 Å². The average molecular weight is 262 g/mol. The summed E-state index contributed by atoms with van der Waals surface area (Å²) in [5.41, 5.74) is 0.0993. The molecule has 2 N–H and O–H groups in total. The van der Waals surface area contributed by atoms with E-state index in [1.807, 2.05) is 0 Å². The first-order valence-electron chi connectivity index (χ1n) is 5.79. The third-order valence-electron chi connectivity index (χ3n) is 2.58. The summed E-state index contributed by atoms with van der Waals surface area (Å²) in [6.45, 7) is 1.02. The number of aromatic carboxylic acids is 1. The second-order valence-corrected chi connectivity index (χ2v) is 3.95. The number of rotatable bonds is 6. The SMILES string of the molecule is O=C(Cn1cccc1C(=O)O)NCCn1cccn1. The molecule has 0 saturated heterocycles. The van der Waals surface area contributed by atoms with E-state index in [1.54, 1.807) is 35.4 Å². The maximum Gasteiger partial charge on any atom is 0.352 e. The van der Waals surface area contributed by atoms with Gasteiger partial charge < -0.3 is 15.0 Å². The number of amides is 1. The summed E-state index contributed by atoms with van der Waals surface area (Å²) in [5.74, 6) is -1.28. The van der Waals surface area contributed by atoms with Gasteiger partial charge in [0.1, 0.15) is 12.2 Å². The number of hydrogen-bond donors (Lipinski definition) is 2. The average Bonchev–Trinajstić information content (AvgIpc) is 2.99. The molecular weight excluding hydrogens is 248 g/mol. The predicted molar refractivity (Wildman–Crippen MR) is 66.6 cm³/mol. The number of nitrogens with one attached hydrogen (secondary N) is 1. The zero-order valence-corrected chi connectivity index (χ0v) is 10.2. The van der Waals surface area contributed by atoms with Gasteiger partial charge >= 0.3 is 5.97 Å². The zero-order chi connectivity index (χ0) is 13.7. The highest BCUT2D eigenvalue weighted by atomic mass is 16.4. The molecule has 2 aromatic rings. The number of carboxylic acid groups (broad SMARTS) is 1. The summed E-state index contributed by atoms with van der Waals surface area (Å²) in [4.78, 5) is 22.5. The van der Waals surface area contributed by atoms with Gasteiger partial charge in [0.15, 0.2) is 0 Å². The highest BCUT2D eigenvalue weighted by molar-refractivity contribution is 5.86. The molecule has 0 radical (unpaired) electrons. The minimum atomic E-state index is -1.05. The second kappa shape index (κ2) is 5.85. The number of carboxylic acids is 1. The Morgan fingerprint density at radius 2 is 2.16 bits per heavy atom. The van der Waals surface area contributed by atoms with Gasteiger partial charge in [0.05, 0.1) is 6.54 Å². The van der Waals surface area contributed by atoms with Crippen LogP contribution in [0.25, 0.3) is 0 Å². The first-order chi connectivity index (χ1) is 9.16. The van der Waals surface area contributed by atoms with Crippen LogP contribution in [0.2, 0.25) is 0 Å². The van der Waals surface area contributed by atoms with Gasteiger partial charge in [0.2, 0.25) is 5.91 Å². The van der Waals surface area contributed by atoms with Crippen LogP contribution >= 0.6 is 0 Å². The minimum absolute atomic E-state index is 0.00621. The fraction of sp³-hybridized carbons (Fsp3) is 0.250. The Hall–Kier alpha value is -2.57. The Morgan fingerprint density at radius 3 is 2.84 bits per heavy atom. The standard InChI is InChI=1S/C12H14N4O3/c17-11(13-5-8-16-7-2-4-14-16)9-15-6-1-3-10(15)12(18)19/h1-4,6-7H,5,8-9H2,(H,13,17)(H,18,19). The Balaban J connectivity index is 1.81. The third kappa shape index (κ3) is 3.44. The normalized spacial score (nSPS) is 10.3.